The van der Waals surface area contributed by atoms with Crippen molar-refractivity contribution in [1.82, 2.24) is 15.1 Å². The van der Waals surface area contributed by atoms with E-state index in [1.807, 2.05) is 30.3 Å². The molecule has 2 N–H and O–H groups in total. The van der Waals surface area contributed by atoms with Crippen molar-refractivity contribution in [2.24, 2.45) is 5.92 Å². The molecule has 2 heterocycles. The molecule has 8 nitrogen and oxygen atoms in total. The SMILES string of the molecule is C=CCOC(=O)NCc1cccc(-c2cccc(C3OC(CN4CCN(Cc5ccccc5)CC4)C(C)C(c4ccc(CO)cc4)O3)c2)c1. The number of rotatable bonds is 12. The number of alkyl carbamates (subject to hydrolysis) is 1. The first kappa shape index (κ1) is 34.5. The number of hydrogen-bond donors (Lipinski definition) is 2. The van der Waals surface area contributed by atoms with Crippen LogP contribution in [0.3, 0.4) is 0 Å². The monoisotopic (exact) mass is 661 g/mol. The molecule has 4 atom stereocenters. The predicted octanol–water partition coefficient (Wildman–Crippen LogP) is 6.87. The van der Waals surface area contributed by atoms with Gasteiger partial charge in [0.1, 0.15) is 6.61 Å². The lowest BCUT2D eigenvalue weighted by Gasteiger charge is -2.44. The summed E-state index contributed by atoms with van der Waals surface area (Å²) in [7, 11) is 0. The molecular weight excluding hydrogens is 614 g/mol. The van der Waals surface area contributed by atoms with Crippen LogP contribution in [0.25, 0.3) is 11.1 Å². The number of aliphatic hydroxyl groups excluding tert-OH is 1. The second-order valence-electron chi connectivity index (χ2n) is 13.0. The van der Waals surface area contributed by atoms with Crippen molar-refractivity contribution in [3.8, 4) is 11.1 Å². The molecule has 8 heteroatoms. The highest BCUT2D eigenvalue weighted by Crippen LogP contribution is 2.42. The Kier molecular flexibility index (Phi) is 11.9. The van der Waals surface area contributed by atoms with Crippen LogP contribution in [0.1, 0.15) is 47.1 Å². The standard InChI is InChI=1S/C41H47N3O5/c1-3-23-47-41(46)42-26-33-11-7-12-35(24-33)36-13-8-14-37(25-36)40-48-38(30(2)39(49-40)34-17-15-32(29-45)16-18-34)28-44-21-19-43(20-22-44)27-31-9-5-4-6-10-31/h3-18,24-25,30,38-40,45H,1,19-23,26-29H2,2H3,(H,42,46). The van der Waals surface area contributed by atoms with E-state index < -0.39 is 12.4 Å². The van der Waals surface area contributed by atoms with Crippen molar-refractivity contribution in [3.05, 3.63) is 144 Å². The Labute approximate surface area is 289 Å². The van der Waals surface area contributed by atoms with Gasteiger partial charge in [-0.05, 0) is 45.5 Å². The van der Waals surface area contributed by atoms with Gasteiger partial charge in [0.25, 0.3) is 0 Å². The van der Waals surface area contributed by atoms with Gasteiger partial charge in [0, 0.05) is 57.3 Å². The Morgan fingerprint density at radius 3 is 2.27 bits per heavy atom. The molecule has 6 rings (SSSR count). The number of aliphatic hydroxyl groups is 1. The van der Waals surface area contributed by atoms with Crippen molar-refractivity contribution < 1.29 is 24.1 Å². The number of piperazine rings is 1. The zero-order valence-electron chi connectivity index (χ0n) is 28.2. The predicted molar refractivity (Wildman–Crippen MR) is 191 cm³/mol. The number of ether oxygens (including phenoxy) is 3. The van der Waals surface area contributed by atoms with Crippen LogP contribution < -0.4 is 5.32 Å². The number of nitrogens with zero attached hydrogens (tertiary/aromatic N) is 2. The Morgan fingerprint density at radius 1 is 0.837 bits per heavy atom. The molecule has 0 aliphatic carbocycles. The highest BCUT2D eigenvalue weighted by atomic mass is 16.7. The van der Waals surface area contributed by atoms with Gasteiger partial charge in [-0.1, -0.05) is 111 Å². The number of nitrogens with one attached hydrogen (secondary N) is 1. The van der Waals surface area contributed by atoms with Crippen LogP contribution >= 0.6 is 0 Å². The van der Waals surface area contributed by atoms with Gasteiger partial charge in [0.2, 0.25) is 0 Å². The summed E-state index contributed by atoms with van der Waals surface area (Å²) in [6, 6.07) is 35.2. The maximum atomic E-state index is 11.9. The first-order chi connectivity index (χ1) is 24.0. The number of carbonyl (C=O) groups excluding carboxylic acids is 1. The molecule has 0 aromatic heterocycles. The third-order valence-electron chi connectivity index (χ3n) is 9.46. The number of amides is 1. The summed E-state index contributed by atoms with van der Waals surface area (Å²) in [4.78, 5) is 17.0. The molecule has 2 saturated heterocycles. The molecule has 4 aromatic rings. The van der Waals surface area contributed by atoms with Gasteiger partial charge < -0.3 is 24.6 Å². The smallest absolute Gasteiger partial charge is 0.407 e. The van der Waals surface area contributed by atoms with E-state index in [1.54, 1.807) is 6.08 Å². The average Bonchev–Trinajstić information content (AvgIpc) is 3.15. The summed E-state index contributed by atoms with van der Waals surface area (Å²) in [5.74, 6) is 0.115. The molecule has 1 amide bonds. The Bertz CT molecular complexity index is 1660. The summed E-state index contributed by atoms with van der Waals surface area (Å²) in [6.45, 7) is 12.2. The molecule has 2 aliphatic rings. The minimum Gasteiger partial charge on any atom is -0.445 e. The molecule has 256 valence electrons. The van der Waals surface area contributed by atoms with Gasteiger partial charge in [0.05, 0.1) is 18.8 Å². The summed E-state index contributed by atoms with van der Waals surface area (Å²) < 4.78 is 18.7. The Hall–Kier alpha value is -4.31. The molecule has 0 bridgehead atoms. The van der Waals surface area contributed by atoms with E-state index in [0.717, 1.165) is 72.6 Å². The topological polar surface area (TPSA) is 83.5 Å². The zero-order valence-corrected chi connectivity index (χ0v) is 28.2. The third kappa shape index (κ3) is 9.23. The largest absolute Gasteiger partial charge is 0.445 e. The van der Waals surface area contributed by atoms with Crippen LogP contribution in [0.5, 0.6) is 0 Å². The van der Waals surface area contributed by atoms with E-state index in [0.29, 0.717) is 6.54 Å². The van der Waals surface area contributed by atoms with Gasteiger partial charge in [-0.25, -0.2) is 4.79 Å². The van der Waals surface area contributed by atoms with E-state index in [1.165, 1.54) is 5.56 Å². The first-order valence-electron chi connectivity index (χ1n) is 17.2. The van der Waals surface area contributed by atoms with E-state index in [4.69, 9.17) is 14.2 Å². The van der Waals surface area contributed by atoms with Gasteiger partial charge in [0.15, 0.2) is 6.29 Å². The Morgan fingerprint density at radius 2 is 1.53 bits per heavy atom. The first-order valence-corrected chi connectivity index (χ1v) is 17.2. The second-order valence-corrected chi connectivity index (χ2v) is 13.0. The molecule has 49 heavy (non-hydrogen) atoms. The van der Waals surface area contributed by atoms with Crippen molar-refractivity contribution >= 4 is 6.09 Å². The van der Waals surface area contributed by atoms with E-state index >= 15 is 0 Å². The van der Waals surface area contributed by atoms with Crippen LogP contribution in [-0.4, -0.2) is 66.4 Å². The summed E-state index contributed by atoms with van der Waals surface area (Å²) in [6.07, 6.45) is 0.305. The molecule has 0 spiro atoms. The molecule has 4 unspecified atom stereocenters. The lowest BCUT2D eigenvalue weighted by molar-refractivity contribution is -0.276. The molecule has 0 radical (unpaired) electrons. The highest BCUT2D eigenvalue weighted by Gasteiger charge is 2.39. The number of benzene rings is 4. The van der Waals surface area contributed by atoms with Crippen molar-refractivity contribution in [2.75, 3.05) is 39.3 Å². The van der Waals surface area contributed by atoms with Crippen molar-refractivity contribution in [1.29, 1.82) is 0 Å². The fourth-order valence-electron chi connectivity index (χ4n) is 6.64. The van der Waals surface area contributed by atoms with E-state index in [-0.39, 0.29) is 31.3 Å². The molecule has 2 aliphatic heterocycles. The molecule has 2 fully saturated rings. The van der Waals surface area contributed by atoms with Crippen LogP contribution in [0.4, 0.5) is 4.79 Å². The van der Waals surface area contributed by atoms with Gasteiger partial charge >= 0.3 is 6.09 Å². The van der Waals surface area contributed by atoms with E-state index in [2.05, 4.69) is 101 Å². The van der Waals surface area contributed by atoms with Crippen LogP contribution in [0.15, 0.2) is 116 Å². The lowest BCUT2D eigenvalue weighted by Crippen LogP contribution is -2.51. The van der Waals surface area contributed by atoms with Crippen LogP contribution in [-0.2, 0) is 33.9 Å². The zero-order chi connectivity index (χ0) is 34.0. The van der Waals surface area contributed by atoms with Crippen LogP contribution in [0.2, 0.25) is 0 Å². The van der Waals surface area contributed by atoms with Gasteiger partial charge in [-0.2, -0.15) is 0 Å². The number of hydrogen-bond acceptors (Lipinski definition) is 7. The number of carbonyl (C=O) groups is 1. The summed E-state index contributed by atoms with van der Waals surface area (Å²) >= 11 is 0. The fourth-order valence-corrected chi connectivity index (χ4v) is 6.64. The third-order valence-corrected chi connectivity index (χ3v) is 9.46. The van der Waals surface area contributed by atoms with E-state index in [9.17, 15) is 9.90 Å². The maximum absolute atomic E-state index is 11.9. The molecule has 4 aromatic carbocycles. The second kappa shape index (κ2) is 16.9. The van der Waals surface area contributed by atoms with Crippen molar-refractivity contribution in [3.63, 3.8) is 0 Å². The van der Waals surface area contributed by atoms with Gasteiger partial charge in [-0.3, -0.25) is 9.80 Å². The van der Waals surface area contributed by atoms with Crippen molar-refractivity contribution in [2.45, 2.75) is 45.1 Å². The summed E-state index contributed by atoms with van der Waals surface area (Å²) in [5.41, 5.74) is 7.30. The molecule has 0 saturated carbocycles. The summed E-state index contributed by atoms with van der Waals surface area (Å²) in [5, 5.41) is 12.4. The minimum absolute atomic E-state index is 0.00935. The van der Waals surface area contributed by atoms with Crippen LogP contribution in [0, 0.1) is 5.92 Å². The lowest BCUT2D eigenvalue weighted by atomic mass is 9.89. The average molecular weight is 662 g/mol. The maximum Gasteiger partial charge on any atom is 0.407 e. The highest BCUT2D eigenvalue weighted by molar-refractivity contribution is 5.68. The quantitative estimate of drug-likeness (QED) is 0.161. The molecular formula is C41H47N3O5. The minimum atomic E-state index is -0.549. The Balaban J connectivity index is 1.17. The normalized spacial score (nSPS) is 21.6. The fraction of sp³-hybridized carbons (Fsp3) is 0.341. The van der Waals surface area contributed by atoms with Gasteiger partial charge in [-0.15, -0.1) is 0 Å².